The van der Waals surface area contributed by atoms with E-state index in [-0.39, 0.29) is 42.9 Å². The van der Waals surface area contributed by atoms with Crippen LogP contribution < -0.4 is 10.1 Å². The molecule has 1 aromatic carbocycles. The van der Waals surface area contributed by atoms with E-state index in [1.54, 1.807) is 16.2 Å². The van der Waals surface area contributed by atoms with Gasteiger partial charge in [-0.2, -0.15) is 4.31 Å². The molecule has 162 valence electrons. The van der Waals surface area contributed by atoms with E-state index in [0.717, 1.165) is 12.5 Å². The molecule has 1 aliphatic rings. The third-order valence-electron chi connectivity index (χ3n) is 4.74. The number of nitrogens with one attached hydrogen (secondary N) is 1. The Bertz CT molecular complexity index is 1000. The number of amides is 2. The van der Waals surface area contributed by atoms with Crippen LogP contribution in [0.1, 0.15) is 4.88 Å². The predicted octanol–water partition coefficient (Wildman–Crippen LogP) is 1.92. The number of urea groups is 1. The number of hydrogen-bond donors (Lipinski definition) is 1. The van der Waals surface area contributed by atoms with Crippen LogP contribution >= 0.6 is 11.3 Å². The van der Waals surface area contributed by atoms with E-state index >= 15 is 0 Å². The molecule has 1 N–H and O–H groups in total. The van der Waals surface area contributed by atoms with Crippen LogP contribution in [0.4, 0.5) is 10.5 Å². The first kappa shape index (κ1) is 22.0. The summed E-state index contributed by atoms with van der Waals surface area (Å²) in [5.74, 6) is -0.0111. The van der Waals surface area contributed by atoms with Gasteiger partial charge in [0.1, 0.15) is 0 Å². The molecule has 2 aromatic rings. The van der Waals surface area contributed by atoms with Crippen molar-refractivity contribution in [2.45, 2.75) is 11.3 Å². The lowest BCUT2D eigenvalue weighted by Gasteiger charge is -2.34. The topological polar surface area (TPSA) is 122 Å². The lowest BCUT2D eigenvalue weighted by atomic mass is 10.3. The smallest absolute Gasteiger partial charge is 0.317 e. The first-order chi connectivity index (χ1) is 14.3. The van der Waals surface area contributed by atoms with Crippen molar-refractivity contribution in [2.75, 3.05) is 39.8 Å². The highest BCUT2D eigenvalue weighted by atomic mass is 32.2. The monoisotopic (exact) mass is 454 g/mol. The number of nitrogens with zero attached hydrogens (tertiary/aromatic N) is 3. The van der Waals surface area contributed by atoms with Gasteiger partial charge >= 0.3 is 11.7 Å². The molecule has 2 amide bonds. The molecule has 12 heteroatoms. The molecule has 3 rings (SSSR count). The van der Waals surface area contributed by atoms with E-state index in [1.807, 2.05) is 17.5 Å². The van der Waals surface area contributed by atoms with Gasteiger partial charge in [-0.1, -0.05) is 6.07 Å². The van der Waals surface area contributed by atoms with Gasteiger partial charge < -0.3 is 15.0 Å². The summed E-state index contributed by atoms with van der Waals surface area (Å²) in [5, 5.41) is 16.0. The molecule has 1 aromatic heterocycles. The molecular weight excluding hydrogens is 432 g/mol. The van der Waals surface area contributed by atoms with Crippen molar-refractivity contribution in [3.05, 3.63) is 50.7 Å². The summed E-state index contributed by atoms with van der Waals surface area (Å²) in [6.07, 6.45) is 0.744. The summed E-state index contributed by atoms with van der Waals surface area (Å²) in [6.45, 7) is 1.21. The number of methoxy groups -OCH3 is 1. The van der Waals surface area contributed by atoms with Crippen LogP contribution in [0, 0.1) is 10.1 Å². The molecule has 0 unspecified atom stereocenters. The lowest BCUT2D eigenvalue weighted by Crippen LogP contribution is -2.53. The highest BCUT2D eigenvalue weighted by Crippen LogP contribution is 2.30. The van der Waals surface area contributed by atoms with Crippen molar-refractivity contribution in [3.8, 4) is 5.75 Å². The second-order valence-corrected chi connectivity index (χ2v) is 9.51. The number of hydrogen-bond acceptors (Lipinski definition) is 7. The van der Waals surface area contributed by atoms with Crippen molar-refractivity contribution in [1.82, 2.24) is 14.5 Å². The van der Waals surface area contributed by atoms with Crippen molar-refractivity contribution < 1.29 is 22.9 Å². The summed E-state index contributed by atoms with van der Waals surface area (Å²) >= 11 is 1.63. The summed E-state index contributed by atoms with van der Waals surface area (Å²) in [7, 11) is -2.64. The van der Waals surface area contributed by atoms with E-state index in [0.29, 0.717) is 6.54 Å². The van der Waals surface area contributed by atoms with E-state index in [4.69, 9.17) is 4.74 Å². The highest BCUT2D eigenvalue weighted by Gasteiger charge is 2.31. The number of benzene rings is 1. The second kappa shape index (κ2) is 9.41. The Morgan fingerprint density at radius 1 is 1.27 bits per heavy atom. The lowest BCUT2D eigenvalue weighted by molar-refractivity contribution is -0.386. The Labute approximate surface area is 178 Å². The van der Waals surface area contributed by atoms with Gasteiger partial charge in [-0.25, -0.2) is 13.2 Å². The average Bonchev–Trinajstić information content (AvgIpc) is 3.26. The molecule has 0 radical (unpaired) electrons. The third kappa shape index (κ3) is 4.89. The van der Waals surface area contributed by atoms with Gasteiger partial charge in [-0.3, -0.25) is 10.1 Å². The van der Waals surface area contributed by atoms with E-state index < -0.39 is 20.6 Å². The number of carbonyl (C=O) groups excluding carboxylic acids is 1. The number of nitro groups is 1. The van der Waals surface area contributed by atoms with Crippen LogP contribution in [-0.2, 0) is 16.4 Å². The van der Waals surface area contributed by atoms with Gasteiger partial charge in [-0.05, 0) is 30.0 Å². The van der Waals surface area contributed by atoms with Gasteiger partial charge in [0.15, 0.2) is 5.75 Å². The van der Waals surface area contributed by atoms with Crippen LogP contribution in [0.2, 0.25) is 0 Å². The number of thiophene rings is 1. The minimum atomic E-state index is -3.92. The Morgan fingerprint density at radius 2 is 2.00 bits per heavy atom. The zero-order valence-corrected chi connectivity index (χ0v) is 17.9. The van der Waals surface area contributed by atoms with Crippen LogP contribution in [0.3, 0.4) is 0 Å². The van der Waals surface area contributed by atoms with E-state index in [1.165, 1.54) is 28.4 Å². The molecule has 2 heterocycles. The fourth-order valence-corrected chi connectivity index (χ4v) is 5.26. The normalized spacial score (nSPS) is 15.0. The van der Waals surface area contributed by atoms with Gasteiger partial charge in [-0.15, -0.1) is 11.3 Å². The quantitative estimate of drug-likeness (QED) is 0.504. The maximum atomic E-state index is 12.9. The standard InChI is InChI=1S/C18H22N4O6S2/c1-28-17-5-4-15(13-16(17)22(24)25)30(26,27)21-10-8-20(9-11-21)18(23)19-7-6-14-3-2-12-29-14/h2-5,12-13H,6-11H2,1H3,(H,19,23). The summed E-state index contributed by atoms with van der Waals surface area (Å²) < 4.78 is 31.9. The number of rotatable bonds is 7. The number of piperazine rings is 1. The largest absolute Gasteiger partial charge is 0.490 e. The molecule has 1 saturated heterocycles. The molecule has 0 saturated carbocycles. The van der Waals surface area contributed by atoms with Crippen molar-refractivity contribution >= 4 is 33.1 Å². The first-order valence-corrected chi connectivity index (χ1v) is 11.5. The fraction of sp³-hybridized carbons (Fsp3) is 0.389. The maximum Gasteiger partial charge on any atom is 0.317 e. The fourth-order valence-electron chi connectivity index (χ4n) is 3.11. The van der Waals surface area contributed by atoms with Crippen molar-refractivity contribution in [2.24, 2.45) is 0 Å². The van der Waals surface area contributed by atoms with Gasteiger partial charge in [0.25, 0.3) is 0 Å². The minimum Gasteiger partial charge on any atom is -0.490 e. The predicted molar refractivity (Wildman–Crippen MR) is 111 cm³/mol. The van der Waals surface area contributed by atoms with Crippen LogP contribution in [0.15, 0.2) is 40.6 Å². The Morgan fingerprint density at radius 3 is 2.60 bits per heavy atom. The number of carbonyl (C=O) groups is 1. The van der Waals surface area contributed by atoms with Crippen LogP contribution in [0.5, 0.6) is 5.75 Å². The first-order valence-electron chi connectivity index (χ1n) is 9.20. The molecule has 10 nitrogen and oxygen atoms in total. The van der Waals surface area contributed by atoms with Crippen LogP contribution in [0.25, 0.3) is 0 Å². The molecule has 0 bridgehead atoms. The molecule has 0 aliphatic carbocycles. The molecule has 0 spiro atoms. The molecule has 1 fully saturated rings. The zero-order chi connectivity index (χ0) is 21.7. The van der Waals surface area contributed by atoms with Gasteiger partial charge in [0, 0.05) is 43.7 Å². The zero-order valence-electron chi connectivity index (χ0n) is 16.3. The minimum absolute atomic E-state index is 0.0111. The Balaban J connectivity index is 1.59. The van der Waals surface area contributed by atoms with Gasteiger partial charge in [0.2, 0.25) is 10.0 Å². The van der Waals surface area contributed by atoms with E-state index in [2.05, 4.69) is 5.32 Å². The maximum absolute atomic E-state index is 12.9. The summed E-state index contributed by atoms with van der Waals surface area (Å²) in [6, 6.07) is 7.28. The Hall–Kier alpha value is -2.70. The number of ether oxygens (including phenoxy) is 1. The molecule has 0 atom stereocenters. The van der Waals surface area contributed by atoms with Gasteiger partial charge in [0.05, 0.1) is 16.9 Å². The molecule has 1 aliphatic heterocycles. The third-order valence-corrected chi connectivity index (χ3v) is 7.57. The highest BCUT2D eigenvalue weighted by molar-refractivity contribution is 7.89. The van der Waals surface area contributed by atoms with E-state index in [9.17, 15) is 23.3 Å². The summed E-state index contributed by atoms with van der Waals surface area (Å²) in [4.78, 5) is 25.4. The van der Waals surface area contributed by atoms with Crippen molar-refractivity contribution in [1.29, 1.82) is 0 Å². The van der Waals surface area contributed by atoms with Crippen molar-refractivity contribution in [3.63, 3.8) is 0 Å². The number of sulfonamides is 1. The second-order valence-electron chi connectivity index (χ2n) is 6.54. The van der Waals surface area contributed by atoms with Crippen LogP contribution in [-0.4, -0.2) is 68.4 Å². The Kier molecular flexibility index (Phi) is 6.90. The molecular formula is C18H22N4O6S2. The average molecular weight is 455 g/mol. The summed E-state index contributed by atoms with van der Waals surface area (Å²) in [5.41, 5.74) is -0.415. The SMILES string of the molecule is COc1ccc(S(=O)(=O)N2CCN(C(=O)NCCc3cccs3)CC2)cc1[N+](=O)[O-]. The number of nitro benzene ring substituents is 1. The molecule has 30 heavy (non-hydrogen) atoms.